The van der Waals surface area contributed by atoms with Crippen LogP contribution in [0.4, 0.5) is 0 Å². The number of hydrogen-bond acceptors (Lipinski definition) is 3. The molecule has 12 heavy (non-hydrogen) atoms. The fraction of sp³-hybridized carbons (Fsp3) is 0.857. The second-order valence-electron chi connectivity index (χ2n) is 3.73. The molecule has 1 aliphatic rings. The smallest absolute Gasteiger partial charge is 0.199 e. The van der Waals surface area contributed by atoms with Crippen LogP contribution in [0.15, 0.2) is 0 Å². The Labute approximate surface area is 78.6 Å². The third-order valence-corrected chi connectivity index (χ3v) is 1.91. The van der Waals surface area contributed by atoms with Gasteiger partial charge in [-0.1, -0.05) is 0 Å². The Morgan fingerprint density at radius 1 is 1.50 bits per heavy atom. The summed E-state index contributed by atoms with van der Waals surface area (Å²) in [5, 5.41) is 2.61. The summed E-state index contributed by atoms with van der Waals surface area (Å²) in [6.45, 7) is 8.26. The van der Waals surface area contributed by atoms with Crippen LogP contribution in [0.5, 0.6) is 0 Å². The van der Waals surface area contributed by atoms with Crippen molar-refractivity contribution in [3.05, 3.63) is 0 Å². The van der Waals surface area contributed by atoms with Crippen molar-refractivity contribution >= 4 is 17.3 Å². The second-order valence-corrected chi connectivity index (χ2v) is 4.12. The van der Waals surface area contributed by atoms with Gasteiger partial charge in [0.1, 0.15) is 5.66 Å². The molecular formula is C7H16N4S. The molecule has 70 valence electrons. The summed E-state index contributed by atoms with van der Waals surface area (Å²) in [4.78, 5) is 0. The van der Waals surface area contributed by atoms with Gasteiger partial charge in [-0.3, -0.25) is 10.4 Å². The summed E-state index contributed by atoms with van der Waals surface area (Å²) < 4.78 is 0. The Hall–Kier alpha value is -0.390. The van der Waals surface area contributed by atoms with E-state index in [0.29, 0.717) is 11.2 Å². The van der Waals surface area contributed by atoms with Gasteiger partial charge in [0, 0.05) is 6.04 Å². The zero-order valence-electron chi connectivity index (χ0n) is 7.93. The summed E-state index contributed by atoms with van der Waals surface area (Å²) >= 11 is 5.10. The van der Waals surface area contributed by atoms with E-state index in [0.717, 1.165) is 0 Å². The lowest BCUT2D eigenvalue weighted by Gasteiger charge is -2.32. The van der Waals surface area contributed by atoms with Crippen molar-refractivity contribution in [2.75, 3.05) is 0 Å². The molecule has 0 atom stereocenters. The molecule has 0 saturated carbocycles. The fourth-order valence-corrected chi connectivity index (χ4v) is 1.38. The van der Waals surface area contributed by atoms with E-state index in [1.54, 1.807) is 0 Å². The van der Waals surface area contributed by atoms with E-state index in [2.05, 4.69) is 44.0 Å². The van der Waals surface area contributed by atoms with E-state index in [-0.39, 0.29) is 5.66 Å². The van der Waals surface area contributed by atoms with Gasteiger partial charge < -0.3 is 0 Å². The third-order valence-electron chi connectivity index (χ3n) is 1.62. The summed E-state index contributed by atoms with van der Waals surface area (Å²) in [5.41, 5.74) is 9.07. The van der Waals surface area contributed by atoms with E-state index >= 15 is 0 Å². The van der Waals surface area contributed by atoms with E-state index < -0.39 is 0 Å². The first kappa shape index (κ1) is 9.70. The van der Waals surface area contributed by atoms with Gasteiger partial charge in [-0.2, -0.15) is 0 Å². The molecule has 1 saturated heterocycles. The van der Waals surface area contributed by atoms with Gasteiger partial charge in [-0.15, -0.1) is 0 Å². The molecule has 0 bridgehead atoms. The van der Waals surface area contributed by atoms with Crippen LogP contribution in [0.2, 0.25) is 0 Å². The predicted octanol–water partition coefficient (Wildman–Crippen LogP) is 0.330. The molecule has 3 N–H and O–H groups in total. The highest BCUT2D eigenvalue weighted by Crippen LogP contribution is 2.12. The molecular weight excluding hydrogens is 172 g/mol. The molecule has 0 amide bonds. The van der Waals surface area contributed by atoms with Crippen LogP contribution in [0.1, 0.15) is 27.7 Å². The molecule has 0 aliphatic carbocycles. The van der Waals surface area contributed by atoms with Crippen LogP contribution in [-0.4, -0.2) is 21.8 Å². The molecule has 1 heterocycles. The summed E-state index contributed by atoms with van der Waals surface area (Å²) in [6.07, 6.45) is 0. The van der Waals surface area contributed by atoms with Crippen LogP contribution in [0.25, 0.3) is 0 Å². The van der Waals surface area contributed by atoms with Crippen molar-refractivity contribution in [3.8, 4) is 0 Å². The van der Waals surface area contributed by atoms with Crippen molar-refractivity contribution in [1.29, 1.82) is 0 Å². The molecule has 5 heteroatoms. The van der Waals surface area contributed by atoms with Gasteiger partial charge in [0.05, 0.1) is 0 Å². The first-order chi connectivity index (χ1) is 5.43. The van der Waals surface area contributed by atoms with Gasteiger partial charge in [0.15, 0.2) is 5.11 Å². The molecule has 0 spiro atoms. The number of hydrogen-bond donors (Lipinski definition) is 3. The topological polar surface area (TPSA) is 39.3 Å². The standard InChI is InChI=1S/C7H16N4S/c1-5(2)9-11-6(12)8-10-7(11,3)4/h5,9-10H,1-4H3,(H,8,12). The molecule has 0 aromatic carbocycles. The number of hydrazine groups is 2. The molecule has 1 aliphatic heterocycles. The lowest BCUT2D eigenvalue weighted by molar-refractivity contribution is 0.134. The Morgan fingerprint density at radius 2 is 2.08 bits per heavy atom. The van der Waals surface area contributed by atoms with Gasteiger partial charge >= 0.3 is 0 Å². The first-order valence-corrected chi connectivity index (χ1v) is 4.48. The van der Waals surface area contributed by atoms with Crippen LogP contribution in [0, 0.1) is 0 Å². The minimum absolute atomic E-state index is 0.165. The van der Waals surface area contributed by atoms with Crippen molar-refractivity contribution in [3.63, 3.8) is 0 Å². The SMILES string of the molecule is CC(C)NN1C(=S)NNC1(C)C. The second kappa shape index (κ2) is 3.16. The van der Waals surface area contributed by atoms with Crippen molar-refractivity contribution in [1.82, 2.24) is 21.3 Å². The monoisotopic (exact) mass is 188 g/mol. The van der Waals surface area contributed by atoms with E-state index in [1.807, 2.05) is 5.01 Å². The largest absolute Gasteiger partial charge is 0.295 e. The summed E-state index contributed by atoms with van der Waals surface area (Å²) in [6, 6.07) is 0.379. The Kier molecular flexibility index (Phi) is 2.55. The maximum absolute atomic E-state index is 5.10. The quantitative estimate of drug-likeness (QED) is 0.545. The maximum Gasteiger partial charge on any atom is 0.199 e. The van der Waals surface area contributed by atoms with E-state index in [9.17, 15) is 0 Å². The molecule has 0 aromatic heterocycles. The molecule has 1 fully saturated rings. The molecule has 1 rings (SSSR count). The van der Waals surface area contributed by atoms with Crippen LogP contribution >= 0.6 is 12.2 Å². The minimum Gasteiger partial charge on any atom is -0.295 e. The fourth-order valence-electron chi connectivity index (χ4n) is 1.05. The predicted molar refractivity (Wildman–Crippen MR) is 53.1 cm³/mol. The zero-order chi connectivity index (χ0) is 9.35. The Balaban J connectivity index is 2.65. The van der Waals surface area contributed by atoms with Gasteiger partial charge in [-0.05, 0) is 39.9 Å². The molecule has 0 radical (unpaired) electrons. The van der Waals surface area contributed by atoms with Gasteiger partial charge in [-0.25, -0.2) is 10.9 Å². The Bertz CT molecular complexity index is 190. The number of thiocarbonyl (C=S) groups is 1. The van der Waals surface area contributed by atoms with Crippen molar-refractivity contribution < 1.29 is 0 Å². The van der Waals surface area contributed by atoms with Gasteiger partial charge in [0.25, 0.3) is 0 Å². The van der Waals surface area contributed by atoms with Crippen LogP contribution < -0.4 is 16.3 Å². The van der Waals surface area contributed by atoms with Crippen molar-refractivity contribution in [2.45, 2.75) is 39.4 Å². The molecule has 0 unspecified atom stereocenters. The van der Waals surface area contributed by atoms with Crippen LogP contribution in [0.3, 0.4) is 0 Å². The molecule has 0 aromatic rings. The number of nitrogens with zero attached hydrogens (tertiary/aromatic N) is 1. The number of nitrogens with one attached hydrogen (secondary N) is 3. The zero-order valence-corrected chi connectivity index (χ0v) is 8.75. The Morgan fingerprint density at radius 3 is 2.42 bits per heavy atom. The summed E-state index contributed by atoms with van der Waals surface area (Å²) in [7, 11) is 0. The highest BCUT2D eigenvalue weighted by Gasteiger charge is 2.35. The highest BCUT2D eigenvalue weighted by atomic mass is 32.1. The van der Waals surface area contributed by atoms with Gasteiger partial charge in [0.2, 0.25) is 0 Å². The summed E-state index contributed by atoms with van der Waals surface area (Å²) in [5.74, 6) is 0. The van der Waals surface area contributed by atoms with E-state index in [1.165, 1.54) is 0 Å². The molecule has 4 nitrogen and oxygen atoms in total. The minimum atomic E-state index is -0.165. The average molecular weight is 188 g/mol. The lowest BCUT2D eigenvalue weighted by Crippen LogP contribution is -2.55. The van der Waals surface area contributed by atoms with E-state index in [4.69, 9.17) is 12.2 Å². The maximum atomic E-state index is 5.10. The highest BCUT2D eigenvalue weighted by molar-refractivity contribution is 7.80. The lowest BCUT2D eigenvalue weighted by atomic mass is 10.2. The van der Waals surface area contributed by atoms with Crippen molar-refractivity contribution in [2.24, 2.45) is 0 Å². The number of rotatable bonds is 2. The first-order valence-electron chi connectivity index (χ1n) is 4.07. The average Bonchev–Trinajstić information content (AvgIpc) is 2.15. The third kappa shape index (κ3) is 1.85. The normalized spacial score (nSPS) is 21.8. The van der Waals surface area contributed by atoms with Crippen LogP contribution in [-0.2, 0) is 0 Å².